The third-order valence-corrected chi connectivity index (χ3v) is 4.21. The molecule has 1 saturated heterocycles. The van der Waals surface area contributed by atoms with Crippen molar-refractivity contribution in [2.75, 3.05) is 11.9 Å². The predicted molar refractivity (Wildman–Crippen MR) is 91.5 cm³/mol. The molecule has 2 aromatic rings. The number of carbonyl (C=O) groups is 1. The average molecular weight is 343 g/mol. The van der Waals surface area contributed by atoms with Crippen LogP contribution in [0.25, 0.3) is 0 Å². The summed E-state index contributed by atoms with van der Waals surface area (Å²) in [5.74, 6) is -0.451. The van der Waals surface area contributed by atoms with Crippen LogP contribution < -0.4 is 5.32 Å². The number of halogens is 1. The van der Waals surface area contributed by atoms with Crippen LogP contribution >= 0.6 is 0 Å². The lowest BCUT2D eigenvalue weighted by atomic mass is 10.1. The zero-order valence-corrected chi connectivity index (χ0v) is 13.6. The second-order valence-corrected chi connectivity index (χ2v) is 6.01. The maximum absolute atomic E-state index is 13.1. The molecule has 1 heterocycles. The fraction of sp³-hybridized carbons (Fsp3) is 0.278. The summed E-state index contributed by atoms with van der Waals surface area (Å²) in [5.41, 5.74) is 1.98. The number of amides is 1. The van der Waals surface area contributed by atoms with Gasteiger partial charge in [0.2, 0.25) is 5.91 Å². The molecule has 0 aromatic heterocycles. The summed E-state index contributed by atoms with van der Waals surface area (Å²) in [6, 6.07) is 11.2. The molecule has 7 heteroatoms. The van der Waals surface area contributed by atoms with Gasteiger partial charge in [0.15, 0.2) is 0 Å². The van der Waals surface area contributed by atoms with Gasteiger partial charge >= 0.3 is 0 Å². The largest absolute Gasteiger partial charge is 0.375 e. The Bertz CT molecular complexity index is 793. The molecule has 0 bridgehead atoms. The summed E-state index contributed by atoms with van der Waals surface area (Å²) in [4.78, 5) is 23.9. The zero-order chi connectivity index (χ0) is 17.8. The lowest BCUT2D eigenvalue weighted by Crippen LogP contribution is -2.23. The fourth-order valence-corrected chi connectivity index (χ4v) is 2.86. The number of nitro groups is 1. The van der Waals surface area contributed by atoms with Gasteiger partial charge in [0.1, 0.15) is 11.5 Å². The number of rotatable bonds is 6. The second kappa shape index (κ2) is 7.29. The quantitative estimate of drug-likeness (QED) is 0.644. The van der Waals surface area contributed by atoms with E-state index in [2.05, 4.69) is 5.32 Å². The zero-order valence-electron chi connectivity index (χ0n) is 13.6. The van der Waals surface area contributed by atoms with Crippen LogP contribution in [0.5, 0.6) is 0 Å². The molecule has 25 heavy (non-hydrogen) atoms. The molecule has 0 unspecified atom stereocenters. The third-order valence-electron chi connectivity index (χ3n) is 4.21. The van der Waals surface area contributed by atoms with Crippen LogP contribution in [0.15, 0.2) is 42.5 Å². The smallest absolute Gasteiger partial charge is 0.295 e. The first-order valence-corrected chi connectivity index (χ1v) is 8.06. The summed E-state index contributed by atoms with van der Waals surface area (Å²) in [6.45, 7) is 1.79. The van der Waals surface area contributed by atoms with Crippen molar-refractivity contribution in [3.05, 3.63) is 69.5 Å². The topological polar surface area (TPSA) is 75.5 Å². The molecule has 1 N–H and O–H groups in total. The number of benzene rings is 2. The molecule has 0 aliphatic carbocycles. The Morgan fingerprint density at radius 1 is 1.16 bits per heavy atom. The Balaban J connectivity index is 1.62. The third kappa shape index (κ3) is 4.12. The summed E-state index contributed by atoms with van der Waals surface area (Å²) in [5, 5.41) is 14.0. The Morgan fingerprint density at radius 3 is 2.52 bits per heavy atom. The van der Waals surface area contributed by atoms with E-state index in [1.807, 2.05) is 29.2 Å². The highest BCUT2D eigenvalue weighted by atomic mass is 19.1. The van der Waals surface area contributed by atoms with E-state index < -0.39 is 10.7 Å². The number of carbonyl (C=O) groups excluding carboxylic acids is 1. The van der Waals surface area contributed by atoms with Crippen LogP contribution in [-0.2, 0) is 17.9 Å². The van der Waals surface area contributed by atoms with E-state index in [9.17, 15) is 19.3 Å². The van der Waals surface area contributed by atoms with Gasteiger partial charge in [-0.05, 0) is 29.7 Å². The molecule has 6 nitrogen and oxygen atoms in total. The molecule has 0 radical (unpaired) electrons. The van der Waals surface area contributed by atoms with E-state index in [4.69, 9.17) is 0 Å². The van der Waals surface area contributed by atoms with Crippen LogP contribution in [0.2, 0.25) is 0 Å². The molecular formula is C18H18FN3O3. The van der Waals surface area contributed by atoms with Gasteiger partial charge in [0.25, 0.3) is 5.69 Å². The van der Waals surface area contributed by atoms with Crippen molar-refractivity contribution < 1.29 is 14.1 Å². The number of hydrogen-bond acceptors (Lipinski definition) is 4. The van der Waals surface area contributed by atoms with Crippen LogP contribution in [0.1, 0.15) is 24.0 Å². The molecule has 0 atom stereocenters. The summed E-state index contributed by atoms with van der Waals surface area (Å²) < 4.78 is 13.1. The molecule has 3 rings (SSSR count). The Morgan fingerprint density at radius 2 is 1.88 bits per heavy atom. The van der Waals surface area contributed by atoms with Gasteiger partial charge in [-0.2, -0.15) is 0 Å². The average Bonchev–Trinajstić information content (AvgIpc) is 3.00. The fourth-order valence-electron chi connectivity index (χ4n) is 2.86. The Hall–Kier alpha value is -2.96. The monoisotopic (exact) mass is 343 g/mol. The van der Waals surface area contributed by atoms with Gasteiger partial charge in [-0.15, -0.1) is 0 Å². The van der Waals surface area contributed by atoms with Crippen LogP contribution in [0.3, 0.4) is 0 Å². The molecule has 1 amide bonds. The number of anilines is 1. The predicted octanol–water partition coefficient (Wildman–Crippen LogP) is 3.47. The second-order valence-electron chi connectivity index (χ2n) is 6.01. The molecule has 0 spiro atoms. The Labute approximate surface area is 144 Å². The van der Waals surface area contributed by atoms with E-state index in [0.717, 1.165) is 30.2 Å². The van der Waals surface area contributed by atoms with Crippen molar-refractivity contribution >= 4 is 17.3 Å². The molecule has 1 fully saturated rings. The highest BCUT2D eigenvalue weighted by Crippen LogP contribution is 2.25. The lowest BCUT2D eigenvalue weighted by molar-refractivity contribution is -0.384. The summed E-state index contributed by atoms with van der Waals surface area (Å²) in [7, 11) is 0. The summed E-state index contributed by atoms with van der Waals surface area (Å²) in [6.07, 6.45) is 1.54. The number of likely N-dealkylation sites (tertiary alicyclic amines) is 1. The maximum atomic E-state index is 13.1. The van der Waals surface area contributed by atoms with E-state index in [1.54, 1.807) is 0 Å². The van der Waals surface area contributed by atoms with Crippen LogP contribution in [0.4, 0.5) is 15.8 Å². The van der Waals surface area contributed by atoms with Gasteiger partial charge in [-0.25, -0.2) is 4.39 Å². The van der Waals surface area contributed by atoms with Gasteiger partial charge in [0.05, 0.1) is 11.0 Å². The van der Waals surface area contributed by atoms with Crippen molar-refractivity contribution in [1.29, 1.82) is 0 Å². The first-order chi connectivity index (χ1) is 12.0. The highest BCUT2D eigenvalue weighted by Gasteiger charge is 2.19. The van der Waals surface area contributed by atoms with Gasteiger partial charge < -0.3 is 10.2 Å². The standard InChI is InChI=1S/C18H18FN3O3/c19-15-7-8-16(17(10-15)22(24)25)20-11-13-3-5-14(6-4-13)12-21-9-1-2-18(21)23/h3-8,10,20H,1-2,9,11-12H2. The van der Waals surface area contributed by atoms with Gasteiger partial charge in [-0.1, -0.05) is 24.3 Å². The van der Waals surface area contributed by atoms with Gasteiger partial charge in [-0.3, -0.25) is 14.9 Å². The molecule has 1 aliphatic heterocycles. The lowest BCUT2D eigenvalue weighted by Gasteiger charge is -2.15. The molecule has 130 valence electrons. The number of nitro benzene ring substituents is 1. The van der Waals surface area contributed by atoms with Crippen molar-refractivity contribution in [2.24, 2.45) is 0 Å². The van der Waals surface area contributed by atoms with Crippen molar-refractivity contribution in [3.8, 4) is 0 Å². The number of nitrogens with zero attached hydrogens (tertiary/aromatic N) is 2. The van der Waals surface area contributed by atoms with Crippen LogP contribution in [-0.4, -0.2) is 22.3 Å². The first kappa shape index (κ1) is 16.9. The van der Waals surface area contributed by atoms with Crippen molar-refractivity contribution in [2.45, 2.75) is 25.9 Å². The van der Waals surface area contributed by atoms with E-state index >= 15 is 0 Å². The minimum atomic E-state index is -0.641. The Kier molecular flexibility index (Phi) is 4.92. The van der Waals surface area contributed by atoms with Gasteiger partial charge in [0, 0.05) is 26.1 Å². The minimum absolute atomic E-state index is 0.189. The summed E-state index contributed by atoms with van der Waals surface area (Å²) >= 11 is 0. The van der Waals surface area contributed by atoms with Crippen LogP contribution in [0, 0.1) is 15.9 Å². The van der Waals surface area contributed by atoms with E-state index in [-0.39, 0.29) is 17.3 Å². The molecule has 2 aromatic carbocycles. The molecule has 0 saturated carbocycles. The molecular weight excluding hydrogens is 325 g/mol. The van der Waals surface area contributed by atoms with Crippen molar-refractivity contribution in [3.63, 3.8) is 0 Å². The highest BCUT2D eigenvalue weighted by molar-refractivity contribution is 5.78. The SMILES string of the molecule is O=C1CCCN1Cc1ccc(CNc2ccc(F)cc2[N+](=O)[O-])cc1. The normalized spacial score (nSPS) is 14.0. The molecule has 1 aliphatic rings. The number of hydrogen-bond donors (Lipinski definition) is 1. The minimum Gasteiger partial charge on any atom is -0.375 e. The maximum Gasteiger partial charge on any atom is 0.295 e. The number of nitrogens with one attached hydrogen (secondary N) is 1. The van der Waals surface area contributed by atoms with E-state index in [1.165, 1.54) is 12.1 Å². The van der Waals surface area contributed by atoms with Crippen molar-refractivity contribution in [1.82, 2.24) is 4.90 Å². The first-order valence-electron chi connectivity index (χ1n) is 8.06. The van der Waals surface area contributed by atoms with E-state index in [0.29, 0.717) is 19.5 Å².